The Morgan fingerprint density at radius 3 is 2.67 bits per heavy atom. The van der Waals surface area contributed by atoms with Crippen LogP contribution in [0.1, 0.15) is 58.8 Å². The number of nitrogens with one attached hydrogen (secondary N) is 1. The van der Waals surface area contributed by atoms with Gasteiger partial charge >= 0.3 is 0 Å². The molecule has 1 aliphatic heterocycles. The molecule has 0 aromatic rings. The Hall–Kier alpha value is -0.810. The van der Waals surface area contributed by atoms with E-state index in [9.17, 15) is 9.59 Å². The van der Waals surface area contributed by atoms with Crippen LogP contribution < -0.4 is 11.1 Å². The lowest BCUT2D eigenvalue weighted by Crippen LogP contribution is -2.51. The van der Waals surface area contributed by atoms with Gasteiger partial charge in [-0.15, -0.1) is 12.4 Å². The van der Waals surface area contributed by atoms with Crippen LogP contribution in [0.4, 0.5) is 0 Å². The first kappa shape index (κ1) is 20.2. The summed E-state index contributed by atoms with van der Waals surface area (Å²) in [6.45, 7) is 5.52. The van der Waals surface area contributed by atoms with Gasteiger partial charge in [-0.3, -0.25) is 9.59 Å². The lowest BCUT2D eigenvalue weighted by molar-refractivity contribution is -0.135. The van der Waals surface area contributed by atoms with Crippen molar-refractivity contribution >= 4 is 24.2 Å². The summed E-state index contributed by atoms with van der Waals surface area (Å²) >= 11 is 0. The van der Waals surface area contributed by atoms with Crippen molar-refractivity contribution in [1.29, 1.82) is 0 Å². The zero-order valence-electron chi connectivity index (χ0n) is 13.3. The fourth-order valence-electron chi connectivity index (χ4n) is 2.71. The van der Waals surface area contributed by atoms with Crippen LogP contribution in [0, 0.1) is 0 Å². The van der Waals surface area contributed by atoms with Crippen LogP contribution in [0.3, 0.4) is 0 Å². The largest absolute Gasteiger partial charge is 0.356 e. The van der Waals surface area contributed by atoms with Crippen LogP contribution >= 0.6 is 12.4 Å². The minimum Gasteiger partial charge on any atom is -0.356 e. The second-order valence-corrected chi connectivity index (χ2v) is 5.71. The van der Waals surface area contributed by atoms with Crippen molar-refractivity contribution in [2.75, 3.05) is 13.1 Å². The molecule has 0 bridgehead atoms. The normalized spacial score (nSPS) is 19.6. The van der Waals surface area contributed by atoms with Crippen LogP contribution in [-0.2, 0) is 9.59 Å². The molecular weight excluding hydrogens is 290 g/mol. The van der Waals surface area contributed by atoms with Gasteiger partial charge in [0.25, 0.3) is 0 Å². The van der Waals surface area contributed by atoms with Crippen molar-refractivity contribution in [2.45, 2.75) is 70.9 Å². The van der Waals surface area contributed by atoms with Crippen molar-refractivity contribution in [3.05, 3.63) is 0 Å². The maximum Gasteiger partial charge on any atom is 0.222 e. The number of carbonyl (C=O) groups is 2. The first-order valence-corrected chi connectivity index (χ1v) is 7.88. The highest BCUT2D eigenvalue weighted by Crippen LogP contribution is 2.20. The highest BCUT2D eigenvalue weighted by molar-refractivity contribution is 5.85. The Morgan fingerprint density at radius 1 is 1.33 bits per heavy atom. The smallest absolute Gasteiger partial charge is 0.222 e. The Morgan fingerprint density at radius 2 is 2.05 bits per heavy atom. The molecule has 0 aromatic carbocycles. The lowest BCUT2D eigenvalue weighted by atomic mass is 9.96. The molecule has 2 amide bonds. The average Bonchev–Trinajstić information content (AvgIpc) is 2.44. The van der Waals surface area contributed by atoms with Crippen LogP contribution in [-0.4, -0.2) is 41.9 Å². The first-order valence-electron chi connectivity index (χ1n) is 7.88. The zero-order chi connectivity index (χ0) is 15.0. The first-order chi connectivity index (χ1) is 9.56. The number of hydrogen-bond acceptors (Lipinski definition) is 3. The molecule has 1 aliphatic rings. The van der Waals surface area contributed by atoms with Crippen LogP contribution in [0.15, 0.2) is 0 Å². The van der Waals surface area contributed by atoms with Gasteiger partial charge in [0.05, 0.1) is 0 Å². The molecule has 124 valence electrons. The predicted molar refractivity (Wildman–Crippen MR) is 87.4 cm³/mol. The van der Waals surface area contributed by atoms with Crippen molar-refractivity contribution < 1.29 is 9.59 Å². The molecule has 2 unspecified atom stereocenters. The summed E-state index contributed by atoms with van der Waals surface area (Å²) in [4.78, 5) is 25.7. The highest BCUT2D eigenvalue weighted by Gasteiger charge is 2.28. The van der Waals surface area contributed by atoms with E-state index >= 15 is 0 Å². The maximum absolute atomic E-state index is 12.2. The van der Waals surface area contributed by atoms with Gasteiger partial charge < -0.3 is 16.0 Å². The molecular formula is C15H30ClN3O2. The summed E-state index contributed by atoms with van der Waals surface area (Å²) in [5.74, 6) is 0.192. The number of piperidine rings is 1. The van der Waals surface area contributed by atoms with Gasteiger partial charge in [0.1, 0.15) is 0 Å². The third-order valence-electron chi connectivity index (χ3n) is 3.84. The minimum absolute atomic E-state index is 0. The molecule has 0 aliphatic carbocycles. The number of carbonyl (C=O) groups excluding carboxylic acids is 2. The van der Waals surface area contributed by atoms with Crippen molar-refractivity contribution in [1.82, 2.24) is 10.2 Å². The lowest BCUT2D eigenvalue weighted by Gasteiger charge is -2.38. The van der Waals surface area contributed by atoms with Gasteiger partial charge in [0, 0.05) is 38.0 Å². The van der Waals surface area contributed by atoms with Gasteiger partial charge in [-0.05, 0) is 39.0 Å². The highest BCUT2D eigenvalue weighted by atomic mass is 35.5. The molecule has 1 saturated heterocycles. The number of halogens is 1. The van der Waals surface area contributed by atoms with E-state index in [2.05, 4.69) is 5.32 Å². The van der Waals surface area contributed by atoms with Gasteiger partial charge in [0.15, 0.2) is 0 Å². The van der Waals surface area contributed by atoms with E-state index in [1.165, 1.54) is 0 Å². The van der Waals surface area contributed by atoms with E-state index in [0.717, 1.165) is 32.2 Å². The summed E-state index contributed by atoms with van der Waals surface area (Å²) in [5.41, 5.74) is 5.97. The second-order valence-electron chi connectivity index (χ2n) is 5.71. The quantitative estimate of drug-likeness (QED) is 0.751. The average molecular weight is 320 g/mol. The Kier molecular flexibility index (Phi) is 10.4. The molecule has 1 heterocycles. The number of hydrogen-bond donors (Lipinski definition) is 2. The maximum atomic E-state index is 12.2. The minimum atomic E-state index is 0. The summed E-state index contributed by atoms with van der Waals surface area (Å²) in [5, 5.41) is 2.83. The van der Waals surface area contributed by atoms with Gasteiger partial charge in [-0.25, -0.2) is 0 Å². The van der Waals surface area contributed by atoms with Crippen molar-refractivity contribution in [2.24, 2.45) is 5.73 Å². The van der Waals surface area contributed by atoms with Crippen LogP contribution in [0.2, 0.25) is 0 Å². The molecule has 0 aromatic heterocycles. The standard InChI is InChI=1S/C15H29N3O2.ClH/c1-3-10-17-14(19)8-6-9-15(20)18-11-5-4-7-13(18)12(2)16;/h12-13H,3-11,16H2,1-2H3,(H,17,19);1H. The monoisotopic (exact) mass is 319 g/mol. The number of nitrogens with zero attached hydrogens (tertiary/aromatic N) is 1. The fourth-order valence-corrected chi connectivity index (χ4v) is 2.71. The van der Waals surface area contributed by atoms with E-state index < -0.39 is 0 Å². The predicted octanol–water partition coefficient (Wildman–Crippen LogP) is 1.83. The summed E-state index contributed by atoms with van der Waals surface area (Å²) in [7, 11) is 0. The summed E-state index contributed by atoms with van der Waals surface area (Å²) in [6, 6.07) is 0.192. The summed E-state index contributed by atoms with van der Waals surface area (Å²) in [6.07, 6.45) is 5.65. The van der Waals surface area contributed by atoms with E-state index in [0.29, 0.717) is 25.8 Å². The molecule has 0 radical (unpaired) electrons. The van der Waals surface area contributed by atoms with Gasteiger partial charge in [0.2, 0.25) is 11.8 Å². The fraction of sp³-hybridized carbons (Fsp3) is 0.867. The topological polar surface area (TPSA) is 75.4 Å². The van der Waals surface area contributed by atoms with Crippen molar-refractivity contribution in [3.63, 3.8) is 0 Å². The van der Waals surface area contributed by atoms with E-state index in [-0.39, 0.29) is 36.3 Å². The van der Waals surface area contributed by atoms with E-state index in [1.807, 2.05) is 18.7 Å². The molecule has 2 atom stereocenters. The molecule has 3 N–H and O–H groups in total. The number of nitrogens with two attached hydrogens (primary N) is 1. The number of likely N-dealkylation sites (tertiary alicyclic amines) is 1. The van der Waals surface area contributed by atoms with Crippen LogP contribution in [0.25, 0.3) is 0 Å². The van der Waals surface area contributed by atoms with Gasteiger partial charge in [-0.1, -0.05) is 6.92 Å². The van der Waals surface area contributed by atoms with Crippen LogP contribution in [0.5, 0.6) is 0 Å². The van der Waals surface area contributed by atoms with Crippen molar-refractivity contribution in [3.8, 4) is 0 Å². The number of amides is 2. The second kappa shape index (κ2) is 10.9. The molecule has 0 saturated carbocycles. The Labute approximate surface area is 134 Å². The third-order valence-corrected chi connectivity index (χ3v) is 3.84. The Balaban J connectivity index is 0.00000400. The molecule has 1 fully saturated rings. The molecule has 0 spiro atoms. The van der Waals surface area contributed by atoms with Gasteiger partial charge in [-0.2, -0.15) is 0 Å². The third kappa shape index (κ3) is 7.14. The number of rotatable bonds is 7. The van der Waals surface area contributed by atoms with E-state index in [1.54, 1.807) is 0 Å². The molecule has 6 heteroatoms. The molecule has 21 heavy (non-hydrogen) atoms. The SMILES string of the molecule is CCCNC(=O)CCCC(=O)N1CCCCC1C(C)N.Cl. The molecule has 1 rings (SSSR count). The zero-order valence-corrected chi connectivity index (χ0v) is 14.1. The Bertz CT molecular complexity index is 324. The van der Waals surface area contributed by atoms with E-state index in [4.69, 9.17) is 5.73 Å². The molecule has 5 nitrogen and oxygen atoms in total. The summed E-state index contributed by atoms with van der Waals surface area (Å²) < 4.78 is 0.